The first-order valence-corrected chi connectivity index (χ1v) is 6.68. The summed E-state index contributed by atoms with van der Waals surface area (Å²) in [6.45, 7) is 2.05. The van der Waals surface area contributed by atoms with E-state index in [2.05, 4.69) is 27.3 Å². The molecule has 0 aliphatic carbocycles. The largest absolute Gasteiger partial charge is 0.311 e. The number of halogens is 1. The Morgan fingerprint density at radius 1 is 1.42 bits per heavy atom. The Balaban J connectivity index is 2.26. The highest BCUT2D eigenvalue weighted by Crippen LogP contribution is 2.25. The van der Waals surface area contributed by atoms with Crippen molar-refractivity contribution in [3.63, 3.8) is 0 Å². The monoisotopic (exact) mass is 279 g/mol. The maximum absolute atomic E-state index is 6.37. The normalized spacial score (nSPS) is 12.6. The van der Waals surface area contributed by atoms with Gasteiger partial charge in [-0.2, -0.15) is 5.10 Å². The molecule has 102 valence electrons. The Hall–Kier alpha value is -1.46. The van der Waals surface area contributed by atoms with E-state index in [1.807, 2.05) is 18.8 Å². The van der Waals surface area contributed by atoms with Gasteiger partial charge in [0.1, 0.15) is 0 Å². The molecule has 0 radical (unpaired) electrons. The van der Waals surface area contributed by atoms with E-state index in [1.165, 1.54) is 0 Å². The van der Waals surface area contributed by atoms with Gasteiger partial charge in [-0.15, -0.1) is 0 Å². The van der Waals surface area contributed by atoms with Gasteiger partial charge in [-0.1, -0.05) is 18.5 Å². The van der Waals surface area contributed by atoms with Crippen molar-refractivity contribution in [2.75, 3.05) is 7.05 Å². The van der Waals surface area contributed by atoms with Gasteiger partial charge < -0.3 is 5.32 Å². The van der Waals surface area contributed by atoms with Crippen molar-refractivity contribution in [2.24, 2.45) is 7.05 Å². The van der Waals surface area contributed by atoms with Crippen molar-refractivity contribution in [3.05, 3.63) is 40.7 Å². The number of hydrogen-bond acceptors (Lipinski definition) is 4. The summed E-state index contributed by atoms with van der Waals surface area (Å²) in [5, 5.41) is 8.44. The van der Waals surface area contributed by atoms with E-state index in [4.69, 9.17) is 11.6 Å². The summed E-state index contributed by atoms with van der Waals surface area (Å²) in [5.41, 5.74) is 2.86. The molecule has 19 heavy (non-hydrogen) atoms. The van der Waals surface area contributed by atoms with Gasteiger partial charge in [-0.3, -0.25) is 14.6 Å². The van der Waals surface area contributed by atoms with Crippen LogP contribution >= 0.6 is 11.6 Å². The molecule has 0 fully saturated rings. The van der Waals surface area contributed by atoms with E-state index in [0.717, 1.165) is 34.9 Å². The molecule has 0 amide bonds. The highest BCUT2D eigenvalue weighted by Gasteiger charge is 2.19. The fourth-order valence-corrected chi connectivity index (χ4v) is 2.45. The molecule has 5 nitrogen and oxygen atoms in total. The van der Waals surface area contributed by atoms with Crippen molar-refractivity contribution in [3.8, 4) is 0 Å². The van der Waals surface area contributed by atoms with Crippen molar-refractivity contribution >= 4 is 11.6 Å². The van der Waals surface area contributed by atoms with Crippen LogP contribution in [0.25, 0.3) is 0 Å². The smallest absolute Gasteiger partial charge is 0.0850 e. The number of nitrogens with zero attached hydrogens (tertiary/aromatic N) is 4. The van der Waals surface area contributed by atoms with E-state index in [1.54, 1.807) is 18.6 Å². The van der Waals surface area contributed by atoms with Gasteiger partial charge in [0.15, 0.2) is 0 Å². The molecule has 0 aliphatic rings. The molecule has 1 atom stereocenters. The first kappa shape index (κ1) is 14.0. The molecule has 0 saturated heterocycles. The Bertz CT molecular complexity index is 537. The summed E-state index contributed by atoms with van der Waals surface area (Å²) < 4.78 is 1.85. The minimum Gasteiger partial charge on any atom is -0.311 e. The number of aryl methyl sites for hydroxylation is 2. The van der Waals surface area contributed by atoms with Crippen LogP contribution in [-0.4, -0.2) is 26.8 Å². The molecule has 2 heterocycles. The van der Waals surface area contributed by atoms with Crippen LogP contribution in [0.4, 0.5) is 0 Å². The number of rotatable bonds is 5. The third kappa shape index (κ3) is 2.93. The molecule has 1 unspecified atom stereocenters. The predicted molar refractivity (Wildman–Crippen MR) is 75.1 cm³/mol. The topological polar surface area (TPSA) is 55.6 Å². The van der Waals surface area contributed by atoms with Crippen LogP contribution in [0.15, 0.2) is 18.6 Å². The highest BCUT2D eigenvalue weighted by molar-refractivity contribution is 6.31. The number of likely N-dealkylation sites (N-methyl/N-ethyl adjacent to an activating group) is 1. The third-order valence-corrected chi connectivity index (χ3v) is 3.63. The molecular weight excluding hydrogens is 262 g/mol. The van der Waals surface area contributed by atoms with Crippen LogP contribution in [0.5, 0.6) is 0 Å². The summed E-state index contributed by atoms with van der Waals surface area (Å²) in [6, 6.07) is 0.0753. The van der Waals surface area contributed by atoms with Gasteiger partial charge in [0.2, 0.25) is 0 Å². The van der Waals surface area contributed by atoms with Crippen LogP contribution < -0.4 is 5.32 Å². The minimum atomic E-state index is 0.0753. The lowest BCUT2D eigenvalue weighted by Gasteiger charge is -2.15. The second kappa shape index (κ2) is 6.12. The Kier molecular flexibility index (Phi) is 4.50. The summed E-state index contributed by atoms with van der Waals surface area (Å²) in [5.74, 6) is 0. The molecule has 0 aliphatic heterocycles. The summed E-state index contributed by atoms with van der Waals surface area (Å²) >= 11 is 6.37. The van der Waals surface area contributed by atoms with Crippen LogP contribution in [-0.2, 0) is 19.9 Å². The van der Waals surface area contributed by atoms with Gasteiger partial charge in [0.25, 0.3) is 0 Å². The zero-order chi connectivity index (χ0) is 13.8. The second-order valence-electron chi connectivity index (χ2n) is 4.36. The van der Waals surface area contributed by atoms with Gasteiger partial charge in [0, 0.05) is 32.1 Å². The van der Waals surface area contributed by atoms with Crippen molar-refractivity contribution in [1.82, 2.24) is 25.1 Å². The lowest BCUT2D eigenvalue weighted by atomic mass is 10.1. The zero-order valence-electron chi connectivity index (χ0n) is 11.4. The van der Waals surface area contributed by atoms with Crippen LogP contribution in [0.1, 0.15) is 30.0 Å². The molecule has 0 spiro atoms. The summed E-state index contributed by atoms with van der Waals surface area (Å²) in [6.07, 6.45) is 6.70. The molecule has 2 aromatic rings. The molecule has 2 rings (SSSR count). The maximum atomic E-state index is 6.37. The van der Waals surface area contributed by atoms with Gasteiger partial charge >= 0.3 is 0 Å². The lowest BCUT2D eigenvalue weighted by molar-refractivity contribution is 0.546. The van der Waals surface area contributed by atoms with E-state index in [-0.39, 0.29) is 6.04 Å². The fourth-order valence-electron chi connectivity index (χ4n) is 2.08. The van der Waals surface area contributed by atoms with Crippen LogP contribution in [0, 0.1) is 0 Å². The maximum Gasteiger partial charge on any atom is 0.0850 e. The predicted octanol–water partition coefficient (Wildman–Crippen LogP) is 1.93. The standard InChI is InChI=1S/C13H18ClN5/c1-4-9-13(14)12(19(3)18-9)7-10(15-2)11-8-16-5-6-17-11/h5-6,8,10,15H,4,7H2,1-3H3. The second-order valence-corrected chi connectivity index (χ2v) is 4.74. The van der Waals surface area contributed by atoms with Gasteiger partial charge in [-0.05, 0) is 13.5 Å². The average molecular weight is 280 g/mol. The van der Waals surface area contributed by atoms with E-state index in [0.29, 0.717) is 0 Å². The zero-order valence-corrected chi connectivity index (χ0v) is 12.1. The fraction of sp³-hybridized carbons (Fsp3) is 0.462. The van der Waals surface area contributed by atoms with E-state index >= 15 is 0 Å². The van der Waals surface area contributed by atoms with Crippen molar-refractivity contribution in [2.45, 2.75) is 25.8 Å². The quantitative estimate of drug-likeness (QED) is 0.909. The highest BCUT2D eigenvalue weighted by atomic mass is 35.5. The van der Waals surface area contributed by atoms with Gasteiger partial charge in [0.05, 0.1) is 28.1 Å². The SMILES string of the molecule is CCc1nn(C)c(CC(NC)c2cnccn2)c1Cl. The number of aromatic nitrogens is 4. The number of nitrogens with one attached hydrogen (secondary N) is 1. The lowest BCUT2D eigenvalue weighted by Crippen LogP contribution is -2.21. The van der Waals surface area contributed by atoms with Crippen molar-refractivity contribution in [1.29, 1.82) is 0 Å². The molecule has 1 N–H and O–H groups in total. The summed E-state index contributed by atoms with van der Waals surface area (Å²) in [7, 11) is 3.83. The molecule has 6 heteroatoms. The molecular formula is C13H18ClN5. The Labute approximate surface area is 118 Å². The Morgan fingerprint density at radius 3 is 2.74 bits per heavy atom. The summed E-state index contributed by atoms with van der Waals surface area (Å²) in [4.78, 5) is 8.44. The molecule has 0 saturated carbocycles. The van der Waals surface area contributed by atoms with E-state index in [9.17, 15) is 0 Å². The first-order chi connectivity index (χ1) is 9.17. The molecule has 2 aromatic heterocycles. The van der Waals surface area contributed by atoms with Crippen LogP contribution in [0.3, 0.4) is 0 Å². The van der Waals surface area contributed by atoms with E-state index < -0.39 is 0 Å². The minimum absolute atomic E-state index is 0.0753. The average Bonchev–Trinajstić information content (AvgIpc) is 2.72. The van der Waals surface area contributed by atoms with Crippen LogP contribution in [0.2, 0.25) is 5.02 Å². The number of hydrogen-bond donors (Lipinski definition) is 1. The van der Waals surface area contributed by atoms with Crippen molar-refractivity contribution < 1.29 is 0 Å². The molecule has 0 bridgehead atoms. The molecule has 0 aromatic carbocycles. The first-order valence-electron chi connectivity index (χ1n) is 6.30. The Morgan fingerprint density at radius 2 is 2.21 bits per heavy atom. The third-order valence-electron chi connectivity index (χ3n) is 3.19. The van der Waals surface area contributed by atoms with Gasteiger partial charge in [-0.25, -0.2) is 0 Å².